The molecule has 0 aliphatic carbocycles. The van der Waals surface area contributed by atoms with Crippen LogP contribution in [0.1, 0.15) is 191 Å². The number of rotatable bonds is 37. The number of aliphatic hydroxyl groups is 1. The van der Waals surface area contributed by atoms with Crippen LogP contribution in [0.25, 0.3) is 0 Å². The lowest BCUT2D eigenvalue weighted by atomic mass is 9.98. The van der Waals surface area contributed by atoms with Gasteiger partial charge >= 0.3 is 50.4 Å². The highest BCUT2D eigenvalue weighted by molar-refractivity contribution is 7.57. The fourth-order valence-corrected chi connectivity index (χ4v) is 16.9. The summed E-state index contributed by atoms with van der Waals surface area (Å²) in [5, 5.41) is 28.6. The summed E-state index contributed by atoms with van der Waals surface area (Å²) in [7, 11) is -8.48. The van der Waals surface area contributed by atoms with Crippen LogP contribution in [0.2, 0.25) is 0 Å². The Hall–Kier alpha value is -5.54. The average Bonchev–Trinajstić information content (AvgIpc) is 1.63. The minimum atomic E-state index is -4.36. The van der Waals surface area contributed by atoms with Gasteiger partial charge in [-0.2, -0.15) is 10.5 Å². The molecule has 0 amide bonds. The number of ether oxygens (including phenoxy) is 8. The molecule has 38 heteroatoms. The normalized spacial score (nSPS) is 20.1. The van der Waals surface area contributed by atoms with E-state index in [4.69, 9.17) is 80.1 Å². The number of aromatic nitrogens is 4. The smallest absolute Gasteiger partial charge is 0.359 e. The lowest BCUT2D eigenvalue weighted by Gasteiger charge is -2.43. The van der Waals surface area contributed by atoms with E-state index < -0.39 is 176 Å². The number of H-pyrrole nitrogens is 2. The van der Waals surface area contributed by atoms with Crippen molar-refractivity contribution in [1.82, 2.24) is 28.4 Å². The Morgan fingerprint density at radius 2 is 0.872 bits per heavy atom. The van der Waals surface area contributed by atoms with Gasteiger partial charge in [0.05, 0.1) is 59.9 Å². The third-order valence-electron chi connectivity index (χ3n) is 15.5. The second-order valence-corrected chi connectivity index (χ2v) is 38.2. The number of methoxy groups -OCH3 is 2. The van der Waals surface area contributed by atoms with Crippen LogP contribution in [-0.4, -0.2) is 178 Å². The number of nitrogens with zero attached hydrogens (tertiary/aromatic N) is 6. The highest BCUT2D eigenvalue weighted by atomic mass is 31.2. The highest BCUT2D eigenvalue weighted by Crippen LogP contribution is 2.56. The first kappa shape index (κ1) is 99.5. The lowest BCUT2D eigenvalue weighted by Crippen LogP contribution is -2.41. The number of aromatic amines is 2. The summed E-state index contributed by atoms with van der Waals surface area (Å²) in [5.74, 6) is 0.638. The van der Waals surface area contributed by atoms with Gasteiger partial charge < -0.3 is 56.6 Å². The standard InChI is InChI=1S/C32H52N4O13P2.C23H35N2O12P.C16H33N2OP/c1-21(2)36(22(3)4)50(45-17-12-15-33)49-25-23(48-27(26(25)42-11)35-16-13-24(37)34-30(35)40)14-18-51(41,46-19-43-28(38)31(5,6)7)47-20-44-29(39)32(8,9)10;1-22(2,3)19(28)33-12-35-38(31,36-13-34-20(29)23(4,5)6)11-9-14-16(27)17(32-7)18(37-14)25-10-8-15(26)24-21(25)30;1-12(2)16(13(3)4)20(19-11-9-10-17)18(14(5)6)15(7)8/h13-14,16,18,21-23,25-27H,12,17,19-20H2,1-11H3,(H,34,37,40);8-11,14,16-18,27H,12-13H2,1-7H3,(H,24,26,30);12-16H,9,11H2,1-8H3/b18-14+;11-9+;/t23-,25+,26?,27-,50?;14-,16+,17?,18-;/m11./s1. The number of carbonyl (C=O) groups is 4. The SMILES string of the molecule is CC(C)C(C(C)C)P(OCCC#N)N(C(C)C)C(C)C.COC1[C@@H](O)[C@@H](/C=C/P(=O)(OCOC(=O)C(C)(C)C)OCOC(=O)C(C)(C)C)O[C@H]1n1ccc(=O)[nH]c1=O.COC1[C@@H](OP(OCCC#N)N(C(C)C)C(C)C)[C@@H](/C=C/P(=O)(OCOC(=O)C(C)(C)C)OCOC(=O)C(C)(C)C)O[C@H]1n1ccc(=O)[nH]c1=O. The Kier molecular flexibility index (Phi) is 41.4. The Labute approximate surface area is 643 Å². The minimum Gasteiger partial charge on any atom is -0.438 e. The van der Waals surface area contributed by atoms with E-state index >= 15 is 0 Å². The van der Waals surface area contributed by atoms with Gasteiger partial charge in [-0.05, 0) is 162 Å². The summed E-state index contributed by atoms with van der Waals surface area (Å²) < 4.78 is 118. The van der Waals surface area contributed by atoms with E-state index in [9.17, 15) is 52.6 Å². The second kappa shape index (κ2) is 45.4. The summed E-state index contributed by atoms with van der Waals surface area (Å²) in [6.07, 6.45) is -3.58. The van der Waals surface area contributed by atoms with Gasteiger partial charge in [0.25, 0.3) is 19.6 Å². The molecule has 0 radical (unpaired) electrons. The van der Waals surface area contributed by atoms with Gasteiger partial charge in [0.1, 0.15) is 44.9 Å². The van der Waals surface area contributed by atoms with Crippen LogP contribution < -0.4 is 22.5 Å². The van der Waals surface area contributed by atoms with Crippen LogP contribution in [0.5, 0.6) is 0 Å². The Bertz CT molecular complexity index is 3570. The van der Waals surface area contributed by atoms with Crippen molar-refractivity contribution in [2.45, 2.75) is 258 Å². The number of esters is 4. The van der Waals surface area contributed by atoms with E-state index in [1.165, 1.54) is 32.7 Å². The van der Waals surface area contributed by atoms with Crippen LogP contribution in [0, 0.1) is 56.2 Å². The molecule has 34 nitrogen and oxygen atoms in total. The molecule has 2 fully saturated rings. The molecule has 109 heavy (non-hydrogen) atoms. The van der Waals surface area contributed by atoms with Crippen LogP contribution in [0.3, 0.4) is 0 Å². The van der Waals surface area contributed by atoms with E-state index in [2.05, 4.69) is 76.1 Å². The van der Waals surface area contributed by atoms with Crippen LogP contribution in [0.15, 0.2) is 67.5 Å². The molecule has 4 unspecified atom stereocenters. The van der Waals surface area contributed by atoms with Gasteiger partial charge in [0, 0.05) is 80.2 Å². The van der Waals surface area contributed by atoms with Gasteiger partial charge in [0.2, 0.25) is 27.2 Å². The molecule has 0 saturated carbocycles. The zero-order chi connectivity index (χ0) is 83.5. The van der Waals surface area contributed by atoms with Crippen molar-refractivity contribution < 1.29 is 103 Å². The monoisotopic (exact) mass is 1620 g/mol. The molecular formula is C71H120N8O26P4. The molecule has 3 N–H and O–H groups in total. The first-order valence-electron chi connectivity index (χ1n) is 35.7. The molecule has 0 spiro atoms. The minimum absolute atomic E-state index is 0.0597. The van der Waals surface area contributed by atoms with Crippen molar-refractivity contribution in [1.29, 1.82) is 10.5 Å². The van der Waals surface area contributed by atoms with Crippen LogP contribution in [-0.2, 0) is 97.9 Å². The maximum Gasteiger partial charge on any atom is 0.359 e. The molecule has 4 heterocycles. The molecule has 2 aromatic heterocycles. The molecule has 2 aliphatic heterocycles. The third-order valence-corrected chi connectivity index (χ3v) is 24.1. The Morgan fingerprint density at radius 1 is 0.541 bits per heavy atom. The molecule has 2 aliphatic rings. The highest BCUT2D eigenvalue weighted by Gasteiger charge is 2.50. The van der Waals surface area contributed by atoms with Crippen molar-refractivity contribution in [3.05, 3.63) is 90.0 Å². The van der Waals surface area contributed by atoms with E-state index in [1.54, 1.807) is 83.1 Å². The topological polar surface area (TPSA) is 425 Å². The first-order chi connectivity index (χ1) is 50.4. The molecule has 4 rings (SSSR count). The molecule has 2 aromatic rings. The van der Waals surface area contributed by atoms with E-state index in [1.807, 2.05) is 38.4 Å². The van der Waals surface area contributed by atoms with Crippen molar-refractivity contribution in [3.63, 3.8) is 0 Å². The molecule has 0 aromatic carbocycles. The second-order valence-electron chi connectivity index (χ2n) is 31.1. The largest absolute Gasteiger partial charge is 0.438 e. The third kappa shape index (κ3) is 32.5. The molecule has 10 atom stereocenters. The quantitative estimate of drug-likeness (QED) is 0.0186. The van der Waals surface area contributed by atoms with Crippen molar-refractivity contribution in [3.8, 4) is 12.1 Å². The zero-order valence-corrected chi connectivity index (χ0v) is 71.6. The maximum atomic E-state index is 14.0. The van der Waals surface area contributed by atoms with Gasteiger partial charge in [-0.25, -0.2) is 14.3 Å². The molecular weight excluding hydrogens is 1500 g/mol. The summed E-state index contributed by atoms with van der Waals surface area (Å²) in [6.45, 7) is 43.0. The van der Waals surface area contributed by atoms with Crippen molar-refractivity contribution in [2.24, 2.45) is 33.5 Å². The maximum absolute atomic E-state index is 14.0. The number of aliphatic hydroxyl groups excluding tert-OH is 1. The van der Waals surface area contributed by atoms with E-state index in [-0.39, 0.29) is 25.1 Å². The number of nitriles is 2. The molecule has 2 saturated heterocycles. The summed E-state index contributed by atoms with van der Waals surface area (Å²) in [6, 6.07) is 7.25. The van der Waals surface area contributed by atoms with Gasteiger partial charge in [-0.15, -0.1) is 0 Å². The van der Waals surface area contributed by atoms with Crippen LogP contribution in [0.4, 0.5) is 0 Å². The average molecular weight is 1630 g/mol. The number of nitrogens with one attached hydrogen (secondary N) is 2. The first-order valence-corrected chi connectivity index (χ1v) is 41.4. The zero-order valence-electron chi connectivity index (χ0n) is 68.1. The van der Waals surface area contributed by atoms with E-state index in [0.717, 1.165) is 39.0 Å². The van der Waals surface area contributed by atoms with E-state index in [0.29, 0.717) is 42.6 Å². The fraction of sp³-hybridized carbons (Fsp3) is 0.746. The predicted octanol–water partition coefficient (Wildman–Crippen LogP) is 11.6. The fourth-order valence-electron chi connectivity index (χ4n) is 10.3. The number of carbonyl (C=O) groups excluding carboxylic acids is 4. The lowest BCUT2D eigenvalue weighted by molar-refractivity contribution is -0.163. The summed E-state index contributed by atoms with van der Waals surface area (Å²) >= 11 is 0. The van der Waals surface area contributed by atoms with Crippen LogP contribution >= 0.6 is 32.0 Å². The summed E-state index contributed by atoms with van der Waals surface area (Å²) in [4.78, 5) is 101. The number of hydrogen-bond acceptors (Lipinski definition) is 30. The van der Waals surface area contributed by atoms with Crippen molar-refractivity contribution >= 4 is 55.9 Å². The number of hydrogen-bond donors (Lipinski definition) is 3. The Morgan fingerprint density at radius 3 is 1.18 bits per heavy atom. The van der Waals surface area contributed by atoms with Gasteiger partial charge in [-0.1, -0.05) is 27.7 Å². The van der Waals surface area contributed by atoms with Gasteiger partial charge in [0.15, 0.2) is 12.5 Å². The van der Waals surface area contributed by atoms with Gasteiger partial charge in [-0.3, -0.25) is 79.8 Å². The predicted molar refractivity (Wildman–Crippen MR) is 406 cm³/mol. The van der Waals surface area contributed by atoms with Crippen molar-refractivity contribution in [2.75, 3.05) is 54.6 Å². The summed E-state index contributed by atoms with van der Waals surface area (Å²) in [5.41, 5.74) is -5.75. The Balaban J connectivity index is 0.000000608. The molecule has 0 bridgehead atoms. The molecule has 620 valence electrons.